The predicted octanol–water partition coefficient (Wildman–Crippen LogP) is -1.79. The van der Waals surface area contributed by atoms with Crippen LogP contribution in [0.3, 0.4) is 0 Å². The molecule has 5 nitrogen and oxygen atoms in total. The Morgan fingerprint density at radius 1 is 1.55 bits per heavy atom. The molecule has 68 valence electrons. The van der Waals surface area contributed by atoms with Gasteiger partial charge in [-0.05, 0) is 6.92 Å². The monoisotopic (exact) mass is 164 g/mol. The second-order valence-corrected chi connectivity index (χ2v) is 2.22. The molecule has 0 radical (unpaired) electrons. The largest absolute Gasteiger partial charge is 0.379 e. The van der Waals surface area contributed by atoms with E-state index in [4.69, 9.17) is 20.7 Å². The topological polar surface area (TPSA) is 87.7 Å². The number of ether oxygens (including phenoxy) is 1. The Morgan fingerprint density at radius 2 is 2.18 bits per heavy atom. The molecule has 0 amide bonds. The van der Waals surface area contributed by atoms with Crippen molar-refractivity contribution in [3.05, 3.63) is 0 Å². The van der Waals surface area contributed by atoms with Crippen molar-refractivity contribution in [3.63, 3.8) is 0 Å². The lowest BCUT2D eigenvalue weighted by Gasteiger charge is -2.14. The summed E-state index contributed by atoms with van der Waals surface area (Å²) >= 11 is 0. The second-order valence-electron chi connectivity index (χ2n) is 2.22. The van der Waals surface area contributed by atoms with E-state index in [1.807, 2.05) is 0 Å². The molecule has 2 unspecified atom stereocenters. The molecule has 0 spiro atoms. The third kappa shape index (κ3) is 7.70. The van der Waals surface area contributed by atoms with Gasteiger partial charge in [-0.2, -0.15) is 0 Å². The van der Waals surface area contributed by atoms with Gasteiger partial charge in [0.15, 0.2) is 0 Å². The van der Waals surface area contributed by atoms with Crippen LogP contribution >= 0.6 is 0 Å². The predicted molar refractivity (Wildman–Crippen MR) is 40.7 cm³/mol. The summed E-state index contributed by atoms with van der Waals surface area (Å²) in [6.07, 6.45) is -1.56. The first-order valence-corrected chi connectivity index (χ1v) is 3.56. The van der Waals surface area contributed by atoms with Crippen LogP contribution in [0.2, 0.25) is 0 Å². The molecule has 0 bridgehead atoms. The third-order valence-electron chi connectivity index (χ3n) is 0.971. The average Bonchev–Trinajstić information content (AvgIpc) is 1.86. The van der Waals surface area contributed by atoms with Gasteiger partial charge in [0.25, 0.3) is 0 Å². The van der Waals surface area contributed by atoms with Crippen molar-refractivity contribution >= 4 is 0 Å². The first-order chi connectivity index (χ1) is 5.16. The maximum absolute atomic E-state index is 9.01. The van der Waals surface area contributed by atoms with E-state index in [-0.39, 0.29) is 6.61 Å². The van der Waals surface area contributed by atoms with E-state index in [1.165, 1.54) is 6.92 Å². The van der Waals surface area contributed by atoms with E-state index >= 15 is 0 Å². The van der Waals surface area contributed by atoms with Crippen LogP contribution in [0, 0.1) is 0 Å². The summed E-state index contributed by atoms with van der Waals surface area (Å²) in [5, 5.41) is 20.2. The highest BCUT2D eigenvalue weighted by molar-refractivity contribution is 4.51. The standard InChI is InChI=1S/C6H16N2O3/c1-5(9)8-6(10)4-11-3-2-7/h5-6,8-10H,2-4,7H2,1H3. The molecule has 0 heterocycles. The number of aliphatic hydroxyl groups is 2. The van der Waals surface area contributed by atoms with Gasteiger partial charge < -0.3 is 20.7 Å². The van der Waals surface area contributed by atoms with Gasteiger partial charge in [-0.1, -0.05) is 0 Å². The van der Waals surface area contributed by atoms with E-state index in [0.717, 1.165) is 0 Å². The van der Waals surface area contributed by atoms with Gasteiger partial charge in [0.1, 0.15) is 12.5 Å². The van der Waals surface area contributed by atoms with Crippen LogP contribution in [0.4, 0.5) is 0 Å². The van der Waals surface area contributed by atoms with Gasteiger partial charge in [-0.3, -0.25) is 5.32 Å². The molecule has 0 aromatic heterocycles. The molecule has 5 heteroatoms. The van der Waals surface area contributed by atoms with Crippen LogP contribution < -0.4 is 11.1 Å². The highest BCUT2D eigenvalue weighted by Gasteiger charge is 2.04. The maximum Gasteiger partial charge on any atom is 0.130 e. The van der Waals surface area contributed by atoms with Crippen molar-refractivity contribution in [2.75, 3.05) is 19.8 Å². The maximum atomic E-state index is 9.01. The lowest BCUT2D eigenvalue weighted by molar-refractivity contribution is -0.0113. The Bertz CT molecular complexity index is 89.9. The smallest absolute Gasteiger partial charge is 0.130 e. The fraction of sp³-hybridized carbons (Fsp3) is 1.00. The minimum Gasteiger partial charge on any atom is -0.379 e. The van der Waals surface area contributed by atoms with Crippen molar-refractivity contribution in [1.29, 1.82) is 0 Å². The molecule has 0 aliphatic rings. The van der Waals surface area contributed by atoms with Gasteiger partial charge in [-0.25, -0.2) is 0 Å². The minimum absolute atomic E-state index is 0.141. The van der Waals surface area contributed by atoms with Gasteiger partial charge in [0.2, 0.25) is 0 Å². The molecule has 0 saturated heterocycles. The van der Waals surface area contributed by atoms with Crippen LogP contribution in [-0.4, -0.2) is 42.4 Å². The van der Waals surface area contributed by atoms with Crippen LogP contribution in [0.5, 0.6) is 0 Å². The number of hydrogen-bond acceptors (Lipinski definition) is 5. The lowest BCUT2D eigenvalue weighted by atomic mass is 10.5. The van der Waals surface area contributed by atoms with Crippen LogP contribution in [0.15, 0.2) is 0 Å². The normalized spacial score (nSPS) is 16.4. The summed E-state index contributed by atoms with van der Waals surface area (Å²) in [4.78, 5) is 0. The zero-order valence-electron chi connectivity index (χ0n) is 6.66. The Kier molecular flexibility index (Phi) is 6.39. The highest BCUT2D eigenvalue weighted by Crippen LogP contribution is 1.82. The summed E-state index contributed by atoms with van der Waals surface area (Å²) in [6, 6.07) is 0. The minimum atomic E-state index is -0.832. The Labute approximate surface area is 66.2 Å². The van der Waals surface area contributed by atoms with Crippen LogP contribution in [0.1, 0.15) is 6.92 Å². The van der Waals surface area contributed by atoms with Crippen molar-refractivity contribution in [1.82, 2.24) is 5.32 Å². The van der Waals surface area contributed by atoms with Crippen molar-refractivity contribution in [2.45, 2.75) is 19.4 Å². The van der Waals surface area contributed by atoms with Gasteiger partial charge in [-0.15, -0.1) is 0 Å². The molecule has 0 aliphatic carbocycles. The number of rotatable bonds is 6. The summed E-state index contributed by atoms with van der Waals surface area (Å²) in [6.45, 7) is 2.51. The van der Waals surface area contributed by atoms with E-state index < -0.39 is 12.5 Å². The van der Waals surface area contributed by atoms with Crippen molar-refractivity contribution in [2.24, 2.45) is 5.73 Å². The number of nitrogens with two attached hydrogens (primary N) is 1. The quantitative estimate of drug-likeness (QED) is 0.275. The molecule has 0 fully saturated rings. The zero-order valence-corrected chi connectivity index (χ0v) is 6.66. The Balaban J connectivity index is 3.15. The molecule has 0 saturated carbocycles. The van der Waals surface area contributed by atoms with E-state index in [0.29, 0.717) is 13.2 Å². The Morgan fingerprint density at radius 3 is 2.64 bits per heavy atom. The first kappa shape index (κ1) is 10.8. The highest BCUT2D eigenvalue weighted by atomic mass is 16.5. The lowest BCUT2D eigenvalue weighted by Crippen LogP contribution is -2.39. The molecule has 0 rings (SSSR count). The number of aliphatic hydroxyl groups excluding tert-OH is 2. The van der Waals surface area contributed by atoms with Crippen molar-refractivity contribution < 1.29 is 14.9 Å². The molecule has 2 atom stereocenters. The van der Waals surface area contributed by atoms with E-state index in [1.54, 1.807) is 0 Å². The molecule has 0 aromatic carbocycles. The fourth-order valence-corrected chi connectivity index (χ4v) is 0.605. The third-order valence-corrected chi connectivity index (χ3v) is 0.971. The number of nitrogens with one attached hydrogen (secondary N) is 1. The summed E-state index contributed by atoms with van der Waals surface area (Å²) in [5.74, 6) is 0. The average molecular weight is 164 g/mol. The SMILES string of the molecule is CC(O)NC(O)COCCN. The van der Waals surface area contributed by atoms with Crippen molar-refractivity contribution in [3.8, 4) is 0 Å². The van der Waals surface area contributed by atoms with Crippen LogP contribution in [0.25, 0.3) is 0 Å². The van der Waals surface area contributed by atoms with E-state index in [9.17, 15) is 0 Å². The van der Waals surface area contributed by atoms with E-state index in [2.05, 4.69) is 5.32 Å². The molecule has 0 aliphatic heterocycles. The van der Waals surface area contributed by atoms with Gasteiger partial charge in [0, 0.05) is 6.54 Å². The summed E-state index contributed by atoms with van der Waals surface area (Å²) in [5.41, 5.74) is 5.14. The molecule has 5 N–H and O–H groups in total. The first-order valence-electron chi connectivity index (χ1n) is 3.56. The summed E-state index contributed by atoms with van der Waals surface area (Å²) in [7, 11) is 0. The molecule has 0 aromatic rings. The molecular formula is C6H16N2O3. The fourth-order valence-electron chi connectivity index (χ4n) is 0.605. The second kappa shape index (κ2) is 6.51. The number of hydrogen-bond donors (Lipinski definition) is 4. The Hall–Kier alpha value is -0.200. The van der Waals surface area contributed by atoms with Gasteiger partial charge >= 0.3 is 0 Å². The van der Waals surface area contributed by atoms with Gasteiger partial charge in [0.05, 0.1) is 13.2 Å². The molecule has 11 heavy (non-hydrogen) atoms. The zero-order chi connectivity index (χ0) is 8.69. The summed E-state index contributed by atoms with van der Waals surface area (Å²) < 4.78 is 4.90. The molecular weight excluding hydrogens is 148 g/mol. The van der Waals surface area contributed by atoms with Crippen LogP contribution in [-0.2, 0) is 4.74 Å².